The Bertz CT molecular complexity index is 956. The molecule has 0 spiro atoms. The summed E-state index contributed by atoms with van der Waals surface area (Å²) in [4.78, 5) is 30.6. The lowest BCUT2D eigenvalue weighted by atomic mass is 10.2. The number of aryl methyl sites for hydroxylation is 2. The third kappa shape index (κ3) is 2.67. The minimum Gasteiger partial charge on any atom is -0.506 e. The Labute approximate surface area is 136 Å². The highest BCUT2D eigenvalue weighted by Crippen LogP contribution is 2.26. The lowest BCUT2D eigenvalue weighted by molar-refractivity contribution is 0.0995. The fourth-order valence-electron chi connectivity index (χ4n) is 2.44. The highest BCUT2D eigenvalue weighted by Gasteiger charge is 2.16. The molecule has 0 saturated heterocycles. The Morgan fingerprint density at radius 2 is 2.12 bits per heavy atom. The van der Waals surface area contributed by atoms with Gasteiger partial charge in [0, 0.05) is 12.1 Å². The molecule has 0 unspecified atom stereocenters. The van der Waals surface area contributed by atoms with Gasteiger partial charge in [-0.25, -0.2) is 4.98 Å². The van der Waals surface area contributed by atoms with E-state index in [-0.39, 0.29) is 28.7 Å². The van der Waals surface area contributed by atoms with Crippen LogP contribution in [0.25, 0.3) is 11.0 Å². The number of hydrogen-bond acceptors (Lipinski definition) is 5. The number of carbonyl (C=O) groups is 2. The fraction of sp³-hybridized carbons (Fsp3) is 0.200. The Morgan fingerprint density at radius 3 is 2.79 bits per heavy atom. The van der Waals surface area contributed by atoms with Crippen molar-refractivity contribution >= 4 is 28.8 Å². The third-order valence-electron chi connectivity index (χ3n) is 3.52. The van der Waals surface area contributed by atoms with E-state index in [2.05, 4.69) is 20.4 Å². The maximum atomic E-state index is 12.4. The van der Waals surface area contributed by atoms with Gasteiger partial charge >= 0.3 is 0 Å². The highest BCUT2D eigenvalue weighted by atomic mass is 16.3. The van der Waals surface area contributed by atoms with E-state index < -0.39 is 5.91 Å². The fourth-order valence-corrected chi connectivity index (χ4v) is 2.44. The second kappa shape index (κ2) is 5.69. The van der Waals surface area contributed by atoms with Crippen molar-refractivity contribution in [1.29, 1.82) is 0 Å². The molecule has 9 nitrogen and oxygen atoms in total. The van der Waals surface area contributed by atoms with Crippen molar-refractivity contribution in [1.82, 2.24) is 19.7 Å². The van der Waals surface area contributed by atoms with Crippen LogP contribution in [0, 0.1) is 6.92 Å². The molecule has 0 saturated carbocycles. The number of phenolic OH excluding ortho intramolecular Hbond substituents is 1. The predicted octanol–water partition coefficient (Wildman–Crippen LogP) is 1.14. The molecule has 0 atom stereocenters. The molecule has 3 aromatic rings. The van der Waals surface area contributed by atoms with E-state index in [4.69, 9.17) is 5.73 Å². The third-order valence-corrected chi connectivity index (χ3v) is 3.52. The number of nitrogens with two attached hydrogens (primary N) is 1. The van der Waals surface area contributed by atoms with E-state index in [1.54, 1.807) is 17.7 Å². The number of anilines is 1. The number of aromatic nitrogens is 4. The zero-order valence-electron chi connectivity index (χ0n) is 13.1. The van der Waals surface area contributed by atoms with Crippen molar-refractivity contribution in [3.05, 3.63) is 35.2 Å². The molecule has 2 aromatic heterocycles. The molecule has 0 aliphatic carbocycles. The number of imidazole rings is 1. The van der Waals surface area contributed by atoms with Gasteiger partial charge in [0.25, 0.3) is 5.91 Å². The summed E-state index contributed by atoms with van der Waals surface area (Å²) in [6, 6.07) is 4.36. The van der Waals surface area contributed by atoms with Gasteiger partial charge in [-0.05, 0) is 32.0 Å². The van der Waals surface area contributed by atoms with Crippen LogP contribution in [0.1, 0.15) is 33.5 Å². The normalized spacial score (nSPS) is 10.9. The Hall–Kier alpha value is -3.36. The molecule has 2 heterocycles. The molecule has 0 fully saturated rings. The summed E-state index contributed by atoms with van der Waals surface area (Å²) in [5.41, 5.74) is 7.10. The standard InChI is InChI=1S/C15H16N6O3/c1-3-21-10(4-7(2)20-21)14(24)19-15-17-9-5-8(13(16)23)6-11(22)12(9)18-15/h4-6,22H,3H2,1-2H3,(H2,16,23)(H2,17,18,19,24). The Morgan fingerprint density at radius 1 is 1.38 bits per heavy atom. The quantitative estimate of drug-likeness (QED) is 0.569. The first kappa shape index (κ1) is 15.5. The van der Waals surface area contributed by atoms with Crippen LogP contribution >= 0.6 is 0 Å². The second-order valence-corrected chi connectivity index (χ2v) is 5.28. The molecule has 1 aromatic carbocycles. The van der Waals surface area contributed by atoms with Gasteiger partial charge < -0.3 is 15.8 Å². The lowest BCUT2D eigenvalue weighted by Crippen LogP contribution is -2.18. The van der Waals surface area contributed by atoms with Gasteiger partial charge in [-0.3, -0.25) is 19.6 Å². The Kier molecular flexibility index (Phi) is 3.68. The number of phenols is 1. The topological polar surface area (TPSA) is 139 Å². The first-order valence-electron chi connectivity index (χ1n) is 7.27. The SMILES string of the molecule is CCn1nc(C)cc1C(=O)Nc1nc2c(O)cc(C(N)=O)cc2[nH]1. The van der Waals surface area contributed by atoms with Crippen LogP contribution in [0.3, 0.4) is 0 Å². The van der Waals surface area contributed by atoms with Crippen molar-refractivity contribution in [3.63, 3.8) is 0 Å². The number of amides is 2. The average molecular weight is 328 g/mol. The molecule has 5 N–H and O–H groups in total. The zero-order valence-corrected chi connectivity index (χ0v) is 13.1. The van der Waals surface area contributed by atoms with Gasteiger partial charge in [-0.15, -0.1) is 0 Å². The lowest BCUT2D eigenvalue weighted by Gasteiger charge is -2.03. The number of carbonyl (C=O) groups excluding carboxylic acids is 2. The van der Waals surface area contributed by atoms with E-state index in [0.717, 1.165) is 5.69 Å². The average Bonchev–Trinajstić information content (AvgIpc) is 3.10. The molecule has 2 amide bonds. The minimum absolute atomic E-state index is 0.140. The molecule has 0 aliphatic heterocycles. The smallest absolute Gasteiger partial charge is 0.276 e. The van der Waals surface area contributed by atoms with Crippen molar-refractivity contribution in [2.75, 3.05) is 5.32 Å². The molecular weight excluding hydrogens is 312 g/mol. The van der Waals surface area contributed by atoms with E-state index in [0.29, 0.717) is 17.8 Å². The summed E-state index contributed by atoms with van der Waals surface area (Å²) in [7, 11) is 0. The molecular formula is C15H16N6O3. The van der Waals surface area contributed by atoms with Crippen molar-refractivity contribution in [2.24, 2.45) is 5.73 Å². The number of fused-ring (bicyclic) bond motifs is 1. The minimum atomic E-state index is -0.672. The summed E-state index contributed by atoms with van der Waals surface area (Å²) < 4.78 is 1.58. The number of aromatic amines is 1. The van der Waals surface area contributed by atoms with E-state index in [1.807, 2.05) is 6.92 Å². The summed E-state index contributed by atoms with van der Waals surface area (Å²) in [6.45, 7) is 4.24. The van der Waals surface area contributed by atoms with E-state index in [1.165, 1.54) is 12.1 Å². The largest absolute Gasteiger partial charge is 0.506 e. The maximum absolute atomic E-state index is 12.4. The van der Waals surface area contributed by atoms with Crippen LogP contribution in [0.2, 0.25) is 0 Å². The van der Waals surface area contributed by atoms with Crippen LogP contribution < -0.4 is 11.1 Å². The number of H-pyrrole nitrogens is 1. The van der Waals surface area contributed by atoms with Gasteiger partial charge in [-0.2, -0.15) is 5.10 Å². The molecule has 9 heteroatoms. The van der Waals surface area contributed by atoms with Gasteiger partial charge in [0.1, 0.15) is 17.0 Å². The van der Waals surface area contributed by atoms with Crippen LogP contribution in [0.15, 0.2) is 18.2 Å². The van der Waals surface area contributed by atoms with Crippen LogP contribution in [-0.4, -0.2) is 36.7 Å². The first-order valence-corrected chi connectivity index (χ1v) is 7.27. The summed E-state index contributed by atoms with van der Waals surface area (Å²) in [5, 5.41) is 16.8. The monoisotopic (exact) mass is 328 g/mol. The van der Waals surface area contributed by atoms with Gasteiger partial charge in [0.05, 0.1) is 11.2 Å². The van der Waals surface area contributed by atoms with Crippen molar-refractivity contribution in [2.45, 2.75) is 20.4 Å². The highest BCUT2D eigenvalue weighted by molar-refractivity contribution is 6.03. The molecule has 24 heavy (non-hydrogen) atoms. The second-order valence-electron chi connectivity index (χ2n) is 5.28. The number of benzene rings is 1. The molecule has 3 rings (SSSR count). The summed E-state index contributed by atoms with van der Waals surface area (Å²) in [5.74, 6) is -1.11. The molecule has 0 aliphatic rings. The molecule has 0 radical (unpaired) electrons. The predicted molar refractivity (Wildman–Crippen MR) is 86.9 cm³/mol. The van der Waals surface area contributed by atoms with E-state index in [9.17, 15) is 14.7 Å². The van der Waals surface area contributed by atoms with Crippen molar-refractivity contribution in [3.8, 4) is 5.75 Å². The van der Waals surface area contributed by atoms with Gasteiger partial charge in [-0.1, -0.05) is 0 Å². The zero-order chi connectivity index (χ0) is 17.4. The number of rotatable bonds is 4. The number of hydrogen-bond donors (Lipinski definition) is 4. The maximum Gasteiger partial charge on any atom is 0.276 e. The molecule has 124 valence electrons. The van der Waals surface area contributed by atoms with Crippen LogP contribution in [-0.2, 0) is 6.54 Å². The van der Waals surface area contributed by atoms with Crippen LogP contribution in [0.5, 0.6) is 5.75 Å². The van der Waals surface area contributed by atoms with E-state index >= 15 is 0 Å². The number of primary amides is 1. The first-order chi connectivity index (χ1) is 11.4. The summed E-state index contributed by atoms with van der Waals surface area (Å²) in [6.07, 6.45) is 0. The summed E-state index contributed by atoms with van der Waals surface area (Å²) >= 11 is 0. The van der Waals surface area contributed by atoms with Crippen LogP contribution in [0.4, 0.5) is 5.95 Å². The van der Waals surface area contributed by atoms with Crippen molar-refractivity contribution < 1.29 is 14.7 Å². The Balaban J connectivity index is 1.94. The molecule has 0 bridgehead atoms. The number of nitrogens with zero attached hydrogens (tertiary/aromatic N) is 3. The number of aromatic hydroxyl groups is 1. The van der Waals surface area contributed by atoms with Gasteiger partial charge in [0.2, 0.25) is 11.9 Å². The van der Waals surface area contributed by atoms with Gasteiger partial charge in [0.15, 0.2) is 0 Å². The number of nitrogens with one attached hydrogen (secondary N) is 2.